The molecule has 8 rings (SSSR count). The summed E-state index contributed by atoms with van der Waals surface area (Å²) in [5.74, 6) is 3.30. The molecule has 4 aromatic carbocycles. The van der Waals surface area contributed by atoms with Gasteiger partial charge in [0.2, 0.25) is 12.0 Å². The van der Waals surface area contributed by atoms with Crippen LogP contribution in [-0.4, -0.2) is 4.98 Å². The van der Waals surface area contributed by atoms with Crippen molar-refractivity contribution < 1.29 is 4.57 Å². The summed E-state index contributed by atoms with van der Waals surface area (Å²) in [6.07, 6.45) is 4.08. The molecule has 4 heteroatoms. The molecule has 0 saturated heterocycles. The Balaban J connectivity index is 1.48. The molecule has 238 valence electrons. The van der Waals surface area contributed by atoms with Crippen molar-refractivity contribution in [3.05, 3.63) is 130 Å². The molecule has 2 aliphatic heterocycles. The molecule has 47 heavy (non-hydrogen) atoms. The van der Waals surface area contributed by atoms with Crippen molar-refractivity contribution >= 4 is 23.0 Å². The molecule has 0 bridgehead atoms. The smallest absolute Gasteiger partial charge is 0.275 e. The summed E-state index contributed by atoms with van der Waals surface area (Å²) in [6, 6.07) is 30.3. The van der Waals surface area contributed by atoms with Gasteiger partial charge in [-0.25, -0.2) is 9.55 Å². The van der Waals surface area contributed by atoms with Gasteiger partial charge in [0.1, 0.15) is 17.9 Å². The standard InChI is InChI=1S/C43H47N4/c1-25(2)30-15-12-16-31(26(3)4)38(30)46-40-42-45(23-22-44-40)28(7)33-18-13-17-32(27(5)6)39(33)47(42)41(46)29-20-21-37-35(24-29)34-14-10-11-19-36(34)43(37,8)9/h10-28,41H,1-9H3/q+1. The maximum absolute atomic E-state index is 5.26. The fourth-order valence-electron chi connectivity index (χ4n) is 8.74. The molecule has 1 aromatic heterocycles. The Morgan fingerprint density at radius 1 is 0.681 bits per heavy atom. The summed E-state index contributed by atoms with van der Waals surface area (Å²) in [5, 5.41) is 0. The zero-order chi connectivity index (χ0) is 32.9. The molecule has 0 fully saturated rings. The average Bonchev–Trinajstić information content (AvgIpc) is 3.52. The largest absolute Gasteiger partial charge is 0.328 e. The molecular formula is C43H47N4+. The van der Waals surface area contributed by atoms with E-state index in [1.807, 2.05) is 6.20 Å². The third-order valence-electron chi connectivity index (χ3n) is 11.1. The molecule has 0 N–H and O–H groups in total. The first kappa shape index (κ1) is 29.9. The lowest BCUT2D eigenvalue weighted by atomic mass is 9.82. The van der Waals surface area contributed by atoms with Crippen LogP contribution < -0.4 is 14.4 Å². The summed E-state index contributed by atoms with van der Waals surface area (Å²) < 4.78 is 2.46. The van der Waals surface area contributed by atoms with Crippen molar-refractivity contribution in [3.8, 4) is 11.1 Å². The van der Waals surface area contributed by atoms with Gasteiger partial charge in [0.15, 0.2) is 0 Å². The maximum Gasteiger partial charge on any atom is 0.328 e. The first-order chi connectivity index (χ1) is 22.5. The zero-order valence-electron chi connectivity index (χ0n) is 29.3. The molecule has 2 atom stereocenters. The highest BCUT2D eigenvalue weighted by Crippen LogP contribution is 2.59. The number of aromatic nitrogens is 2. The summed E-state index contributed by atoms with van der Waals surface area (Å²) in [7, 11) is 0. The number of hydrogen-bond donors (Lipinski definition) is 0. The van der Waals surface area contributed by atoms with Gasteiger partial charge < -0.3 is 0 Å². The molecule has 2 unspecified atom stereocenters. The SMILES string of the molecule is CC(C)c1cccc(C(C)C)c1N1c2ncc[n+]3c2N(c2c(C(C)C)cccc2C3C)C1c1ccc2c(c1)-c1ccccc1C2(C)C. The molecular weight excluding hydrogens is 573 g/mol. The molecule has 3 aliphatic rings. The van der Waals surface area contributed by atoms with E-state index >= 15 is 0 Å². The van der Waals surface area contributed by atoms with E-state index in [4.69, 9.17) is 4.98 Å². The van der Waals surface area contributed by atoms with Crippen LogP contribution in [0, 0.1) is 0 Å². The molecule has 1 aliphatic carbocycles. The van der Waals surface area contributed by atoms with Gasteiger partial charge in [0, 0.05) is 22.1 Å². The van der Waals surface area contributed by atoms with Gasteiger partial charge in [0.05, 0.1) is 11.9 Å². The summed E-state index contributed by atoms with van der Waals surface area (Å²) in [5.41, 5.74) is 14.9. The quantitative estimate of drug-likeness (QED) is 0.183. The van der Waals surface area contributed by atoms with Crippen LogP contribution in [0.15, 0.2) is 91.3 Å². The highest BCUT2D eigenvalue weighted by atomic mass is 15.5. The highest BCUT2D eigenvalue weighted by Gasteiger charge is 2.55. The number of nitrogens with zero attached hydrogens (tertiary/aromatic N) is 4. The summed E-state index contributed by atoms with van der Waals surface area (Å²) >= 11 is 0. The van der Waals surface area contributed by atoms with Gasteiger partial charge in [-0.1, -0.05) is 128 Å². The summed E-state index contributed by atoms with van der Waals surface area (Å²) in [6.45, 7) is 21.0. The molecule has 0 amide bonds. The van der Waals surface area contributed by atoms with Crippen molar-refractivity contribution in [1.82, 2.24) is 4.98 Å². The van der Waals surface area contributed by atoms with Crippen molar-refractivity contribution in [3.63, 3.8) is 0 Å². The zero-order valence-corrected chi connectivity index (χ0v) is 29.3. The van der Waals surface area contributed by atoms with Crippen LogP contribution in [0.25, 0.3) is 11.1 Å². The first-order valence-corrected chi connectivity index (χ1v) is 17.5. The van der Waals surface area contributed by atoms with Gasteiger partial charge in [-0.05, 0) is 64.1 Å². The van der Waals surface area contributed by atoms with Gasteiger partial charge in [-0.2, -0.15) is 4.90 Å². The monoisotopic (exact) mass is 619 g/mol. The van der Waals surface area contributed by atoms with Gasteiger partial charge in [0.25, 0.3) is 0 Å². The predicted molar refractivity (Wildman–Crippen MR) is 194 cm³/mol. The van der Waals surface area contributed by atoms with Crippen LogP contribution in [0.1, 0.15) is 131 Å². The fourth-order valence-corrected chi connectivity index (χ4v) is 8.74. The van der Waals surface area contributed by atoms with Crippen molar-refractivity contribution in [1.29, 1.82) is 0 Å². The maximum atomic E-state index is 5.26. The molecule has 5 aromatic rings. The van der Waals surface area contributed by atoms with Crippen LogP contribution in [0.2, 0.25) is 0 Å². The highest BCUT2D eigenvalue weighted by molar-refractivity contribution is 5.89. The minimum absolute atomic E-state index is 0.0413. The second-order valence-electron chi connectivity index (χ2n) is 15.3. The van der Waals surface area contributed by atoms with E-state index in [9.17, 15) is 0 Å². The van der Waals surface area contributed by atoms with Gasteiger partial charge >= 0.3 is 5.82 Å². The van der Waals surface area contributed by atoms with E-state index in [-0.39, 0.29) is 17.6 Å². The fraction of sp³-hybridized carbons (Fsp3) is 0.349. The number of para-hydroxylation sites is 2. The van der Waals surface area contributed by atoms with E-state index in [0.717, 1.165) is 5.82 Å². The molecule has 0 saturated carbocycles. The lowest BCUT2D eigenvalue weighted by Crippen LogP contribution is -2.47. The number of benzene rings is 4. The Morgan fingerprint density at radius 2 is 1.30 bits per heavy atom. The first-order valence-electron chi connectivity index (χ1n) is 17.5. The lowest BCUT2D eigenvalue weighted by molar-refractivity contribution is -0.699. The normalized spacial score (nSPS) is 18.6. The Hall–Kier alpha value is -4.44. The number of anilines is 4. The van der Waals surface area contributed by atoms with Crippen molar-refractivity contribution in [2.75, 3.05) is 9.80 Å². The van der Waals surface area contributed by atoms with Crippen molar-refractivity contribution in [2.24, 2.45) is 0 Å². The summed E-state index contributed by atoms with van der Waals surface area (Å²) in [4.78, 5) is 10.5. The molecule has 3 heterocycles. The minimum atomic E-state index is -0.115. The van der Waals surface area contributed by atoms with Crippen LogP contribution in [0.4, 0.5) is 23.0 Å². The molecule has 0 radical (unpaired) electrons. The minimum Gasteiger partial charge on any atom is -0.275 e. The number of rotatable bonds is 5. The second kappa shape index (κ2) is 10.5. The number of hydrogen-bond acceptors (Lipinski definition) is 3. The van der Waals surface area contributed by atoms with Crippen LogP contribution in [0.5, 0.6) is 0 Å². The second-order valence-corrected chi connectivity index (χ2v) is 15.3. The van der Waals surface area contributed by atoms with Crippen LogP contribution in [-0.2, 0) is 5.41 Å². The van der Waals surface area contributed by atoms with Gasteiger partial charge in [-0.3, -0.25) is 4.90 Å². The predicted octanol–water partition coefficient (Wildman–Crippen LogP) is 11.0. The third-order valence-corrected chi connectivity index (χ3v) is 11.1. The van der Waals surface area contributed by atoms with Crippen LogP contribution >= 0.6 is 0 Å². The Bertz CT molecular complexity index is 2030. The lowest BCUT2D eigenvalue weighted by Gasteiger charge is -2.35. The average molecular weight is 620 g/mol. The topological polar surface area (TPSA) is 23.2 Å². The number of fused-ring (bicyclic) bond motifs is 5. The van der Waals surface area contributed by atoms with E-state index in [1.165, 1.54) is 67.3 Å². The van der Waals surface area contributed by atoms with E-state index in [0.29, 0.717) is 17.8 Å². The van der Waals surface area contributed by atoms with E-state index in [2.05, 4.69) is 162 Å². The molecule has 4 nitrogen and oxygen atoms in total. The van der Waals surface area contributed by atoms with Crippen molar-refractivity contribution in [2.45, 2.75) is 97.7 Å². The van der Waals surface area contributed by atoms with Crippen LogP contribution in [0.3, 0.4) is 0 Å². The third kappa shape index (κ3) is 4.13. The van der Waals surface area contributed by atoms with E-state index in [1.54, 1.807) is 0 Å². The Morgan fingerprint density at radius 3 is 1.98 bits per heavy atom. The van der Waals surface area contributed by atoms with Gasteiger partial charge in [-0.15, -0.1) is 0 Å². The van der Waals surface area contributed by atoms with E-state index < -0.39 is 0 Å². The Labute approximate surface area is 280 Å². The molecule has 0 spiro atoms. The Kier molecular flexibility index (Phi) is 6.71.